The Morgan fingerprint density at radius 2 is 2.35 bits per heavy atom. The van der Waals surface area contributed by atoms with Crippen molar-refractivity contribution in [2.75, 3.05) is 13.1 Å². The van der Waals surface area contributed by atoms with Crippen LogP contribution in [0.15, 0.2) is 6.33 Å². The Morgan fingerprint density at radius 1 is 1.55 bits per heavy atom. The average molecular weight is 283 g/mol. The molecular formula is C11H17N5O4. The molecule has 1 saturated heterocycles. The summed E-state index contributed by atoms with van der Waals surface area (Å²) in [6, 6.07) is -1.43. The minimum Gasteiger partial charge on any atom is -0.480 e. The number of hydrogen-bond acceptors (Lipinski definition) is 5. The first-order valence-electron chi connectivity index (χ1n) is 6.37. The van der Waals surface area contributed by atoms with Crippen molar-refractivity contribution >= 4 is 12.0 Å². The van der Waals surface area contributed by atoms with E-state index in [2.05, 4.69) is 20.5 Å². The molecule has 0 bridgehead atoms. The maximum absolute atomic E-state index is 11.9. The van der Waals surface area contributed by atoms with E-state index in [9.17, 15) is 14.7 Å². The van der Waals surface area contributed by atoms with Gasteiger partial charge < -0.3 is 20.4 Å². The van der Waals surface area contributed by atoms with Crippen LogP contribution in [0, 0.1) is 0 Å². The van der Waals surface area contributed by atoms with E-state index in [1.807, 2.05) is 0 Å². The fourth-order valence-electron chi connectivity index (χ4n) is 2.18. The summed E-state index contributed by atoms with van der Waals surface area (Å²) in [4.78, 5) is 28.0. The summed E-state index contributed by atoms with van der Waals surface area (Å²) in [5, 5.41) is 27.5. The van der Waals surface area contributed by atoms with Gasteiger partial charge in [0, 0.05) is 25.9 Å². The van der Waals surface area contributed by atoms with E-state index in [1.165, 1.54) is 6.33 Å². The summed E-state index contributed by atoms with van der Waals surface area (Å²) in [6.07, 6.45) is 2.01. The smallest absolute Gasteiger partial charge is 0.326 e. The van der Waals surface area contributed by atoms with Gasteiger partial charge in [0.2, 0.25) is 0 Å². The zero-order valence-corrected chi connectivity index (χ0v) is 10.8. The van der Waals surface area contributed by atoms with Gasteiger partial charge in [-0.25, -0.2) is 14.6 Å². The lowest BCUT2D eigenvalue weighted by Gasteiger charge is -2.21. The van der Waals surface area contributed by atoms with Gasteiger partial charge in [-0.15, -0.1) is 0 Å². The van der Waals surface area contributed by atoms with Crippen molar-refractivity contribution in [3.8, 4) is 0 Å². The summed E-state index contributed by atoms with van der Waals surface area (Å²) < 4.78 is 0. The van der Waals surface area contributed by atoms with Gasteiger partial charge in [-0.2, -0.15) is 5.10 Å². The van der Waals surface area contributed by atoms with E-state index in [1.54, 1.807) is 0 Å². The lowest BCUT2D eigenvalue weighted by atomic mass is 10.2. The quantitative estimate of drug-likeness (QED) is 0.511. The SMILES string of the molecule is O=C(O)[C@H]1C[C@@H](O)CN1C(=O)NCCCc1ncn[nH]1. The monoisotopic (exact) mass is 283 g/mol. The number of aromatic amines is 1. The molecule has 2 atom stereocenters. The highest BCUT2D eigenvalue weighted by Crippen LogP contribution is 2.17. The second-order valence-corrected chi connectivity index (χ2v) is 4.66. The molecule has 20 heavy (non-hydrogen) atoms. The number of aliphatic hydroxyl groups excluding tert-OH is 1. The predicted molar refractivity (Wildman–Crippen MR) is 66.9 cm³/mol. The third kappa shape index (κ3) is 3.44. The Kier molecular flexibility index (Phi) is 4.51. The zero-order chi connectivity index (χ0) is 14.5. The molecular weight excluding hydrogens is 266 g/mol. The lowest BCUT2D eigenvalue weighted by molar-refractivity contribution is -0.141. The molecule has 1 aliphatic rings. The van der Waals surface area contributed by atoms with Crippen LogP contribution in [0.25, 0.3) is 0 Å². The maximum Gasteiger partial charge on any atom is 0.326 e. The lowest BCUT2D eigenvalue weighted by Crippen LogP contribution is -2.46. The summed E-state index contributed by atoms with van der Waals surface area (Å²) in [6.45, 7) is 0.448. The molecule has 2 heterocycles. The number of urea groups is 1. The first-order chi connectivity index (χ1) is 9.58. The van der Waals surface area contributed by atoms with Gasteiger partial charge in [0.1, 0.15) is 18.2 Å². The molecule has 0 aliphatic carbocycles. The zero-order valence-electron chi connectivity index (χ0n) is 10.8. The van der Waals surface area contributed by atoms with E-state index in [4.69, 9.17) is 5.11 Å². The fraction of sp³-hybridized carbons (Fsp3) is 0.636. The third-order valence-electron chi connectivity index (χ3n) is 3.16. The molecule has 1 aromatic rings. The molecule has 9 heteroatoms. The van der Waals surface area contributed by atoms with Crippen LogP contribution in [0.4, 0.5) is 4.79 Å². The Bertz CT molecular complexity index is 463. The molecule has 0 radical (unpaired) electrons. The highest BCUT2D eigenvalue weighted by molar-refractivity contribution is 5.83. The van der Waals surface area contributed by atoms with Crippen LogP contribution in [0.1, 0.15) is 18.7 Å². The van der Waals surface area contributed by atoms with Crippen LogP contribution in [0.3, 0.4) is 0 Å². The van der Waals surface area contributed by atoms with Crippen molar-refractivity contribution in [2.45, 2.75) is 31.4 Å². The summed E-state index contributed by atoms with van der Waals surface area (Å²) in [5.41, 5.74) is 0. The second-order valence-electron chi connectivity index (χ2n) is 4.66. The molecule has 0 aromatic carbocycles. The number of amides is 2. The van der Waals surface area contributed by atoms with Gasteiger partial charge in [-0.1, -0.05) is 0 Å². The molecule has 4 N–H and O–H groups in total. The highest BCUT2D eigenvalue weighted by Gasteiger charge is 2.38. The number of H-pyrrole nitrogens is 1. The van der Waals surface area contributed by atoms with Crippen molar-refractivity contribution in [1.82, 2.24) is 25.4 Å². The second kappa shape index (κ2) is 6.33. The number of aryl methyl sites for hydroxylation is 1. The van der Waals surface area contributed by atoms with E-state index in [-0.39, 0.29) is 13.0 Å². The Balaban J connectivity index is 1.75. The number of carbonyl (C=O) groups excluding carboxylic acids is 1. The number of nitrogens with one attached hydrogen (secondary N) is 2. The van der Waals surface area contributed by atoms with Crippen LogP contribution >= 0.6 is 0 Å². The number of likely N-dealkylation sites (tertiary alicyclic amines) is 1. The van der Waals surface area contributed by atoms with E-state index in [0.29, 0.717) is 19.4 Å². The number of carboxylic acids is 1. The van der Waals surface area contributed by atoms with Gasteiger partial charge in [-0.3, -0.25) is 5.10 Å². The maximum atomic E-state index is 11.9. The topological polar surface area (TPSA) is 131 Å². The number of aromatic nitrogens is 3. The van der Waals surface area contributed by atoms with Gasteiger partial charge in [0.05, 0.1) is 6.10 Å². The summed E-state index contributed by atoms with van der Waals surface area (Å²) in [7, 11) is 0. The van der Waals surface area contributed by atoms with Gasteiger partial charge in [-0.05, 0) is 6.42 Å². The van der Waals surface area contributed by atoms with Crippen molar-refractivity contribution in [2.24, 2.45) is 0 Å². The molecule has 1 aromatic heterocycles. The molecule has 0 unspecified atom stereocenters. The van der Waals surface area contributed by atoms with Crippen molar-refractivity contribution < 1.29 is 19.8 Å². The van der Waals surface area contributed by atoms with Crippen molar-refractivity contribution in [1.29, 1.82) is 0 Å². The Labute approximate surface area is 115 Å². The number of aliphatic carboxylic acids is 1. The van der Waals surface area contributed by atoms with E-state index in [0.717, 1.165) is 10.7 Å². The molecule has 110 valence electrons. The van der Waals surface area contributed by atoms with Crippen LogP contribution in [-0.2, 0) is 11.2 Å². The van der Waals surface area contributed by atoms with Gasteiger partial charge in [0.25, 0.3) is 0 Å². The minimum absolute atomic E-state index is 0.0465. The molecule has 0 saturated carbocycles. The highest BCUT2D eigenvalue weighted by atomic mass is 16.4. The molecule has 9 nitrogen and oxygen atoms in total. The number of aliphatic hydroxyl groups is 1. The fourth-order valence-corrected chi connectivity index (χ4v) is 2.18. The standard InChI is InChI=1S/C11H17N5O4/c17-7-4-8(10(18)19)16(5-7)11(20)12-3-1-2-9-13-6-14-15-9/h6-8,17H,1-5H2,(H,12,20)(H,18,19)(H,13,14,15)/t7-,8-/m1/s1. The van der Waals surface area contributed by atoms with Gasteiger partial charge >= 0.3 is 12.0 Å². The summed E-state index contributed by atoms with van der Waals surface area (Å²) in [5.74, 6) is -0.363. The first-order valence-corrected chi connectivity index (χ1v) is 6.37. The number of nitrogens with zero attached hydrogens (tertiary/aromatic N) is 3. The van der Waals surface area contributed by atoms with Crippen molar-refractivity contribution in [3.63, 3.8) is 0 Å². The van der Waals surface area contributed by atoms with Gasteiger partial charge in [0.15, 0.2) is 0 Å². The Morgan fingerprint density at radius 3 is 3.00 bits per heavy atom. The number of β-amino-alcohol motifs (C(OH)–C–C–N with tert-alkyl or cyclic N) is 1. The van der Waals surface area contributed by atoms with Crippen LogP contribution in [0.2, 0.25) is 0 Å². The average Bonchev–Trinajstić information content (AvgIpc) is 3.03. The normalized spacial score (nSPS) is 21.9. The van der Waals surface area contributed by atoms with E-state index < -0.39 is 24.1 Å². The molecule has 2 amide bonds. The largest absolute Gasteiger partial charge is 0.480 e. The molecule has 2 rings (SSSR count). The molecule has 1 fully saturated rings. The minimum atomic E-state index is -1.10. The number of hydrogen-bond donors (Lipinski definition) is 4. The number of carboxylic acid groups (broad SMARTS) is 1. The summed E-state index contributed by atoms with van der Waals surface area (Å²) >= 11 is 0. The number of carbonyl (C=O) groups is 2. The predicted octanol–water partition coefficient (Wildman–Crippen LogP) is -1.03. The van der Waals surface area contributed by atoms with Crippen molar-refractivity contribution in [3.05, 3.63) is 12.2 Å². The first kappa shape index (κ1) is 14.3. The van der Waals surface area contributed by atoms with E-state index >= 15 is 0 Å². The Hall–Kier alpha value is -2.16. The van der Waals surface area contributed by atoms with Crippen LogP contribution in [0.5, 0.6) is 0 Å². The molecule has 1 aliphatic heterocycles. The molecule has 0 spiro atoms. The van der Waals surface area contributed by atoms with Crippen LogP contribution in [-0.4, -0.2) is 67.5 Å². The third-order valence-corrected chi connectivity index (χ3v) is 3.16. The van der Waals surface area contributed by atoms with Crippen LogP contribution < -0.4 is 5.32 Å². The number of rotatable bonds is 5.